The molecule has 2 aliphatic rings. The molecule has 3 heterocycles. The van der Waals surface area contributed by atoms with Gasteiger partial charge in [0.05, 0.1) is 25.4 Å². The van der Waals surface area contributed by atoms with Crippen molar-refractivity contribution in [1.82, 2.24) is 13.7 Å². The fourth-order valence-corrected chi connectivity index (χ4v) is 2.32. The molecule has 0 radical (unpaired) electrons. The van der Waals surface area contributed by atoms with E-state index in [0.29, 0.717) is 26.1 Å². The first kappa shape index (κ1) is 15.2. The van der Waals surface area contributed by atoms with Gasteiger partial charge >= 0.3 is 17.1 Å². The Balaban J connectivity index is 1.95. The Kier molecular flexibility index (Phi) is 4.27. The normalized spacial score (nSPS) is 22.8. The molecule has 1 aromatic rings. The molecule has 2 saturated heterocycles. The molecule has 0 amide bonds. The Morgan fingerprint density at radius 2 is 1.32 bits per heavy atom. The van der Waals surface area contributed by atoms with Crippen LogP contribution in [0, 0.1) is 0 Å². The summed E-state index contributed by atoms with van der Waals surface area (Å²) in [6.45, 7) is 1.58. The number of methoxy groups -OCH3 is 1. The largest absolute Gasteiger partial charge is 0.373 e. The highest BCUT2D eigenvalue weighted by Crippen LogP contribution is 2.14. The Morgan fingerprint density at radius 1 is 0.909 bits per heavy atom. The minimum absolute atomic E-state index is 0.0995. The van der Waals surface area contributed by atoms with Gasteiger partial charge in [0.15, 0.2) is 0 Å². The van der Waals surface area contributed by atoms with E-state index in [2.05, 4.69) is 0 Å². The summed E-state index contributed by atoms with van der Waals surface area (Å²) in [7, 11) is 1.39. The third-order valence-electron chi connectivity index (χ3n) is 3.80. The molecule has 122 valence electrons. The zero-order valence-corrected chi connectivity index (χ0v) is 12.4. The van der Waals surface area contributed by atoms with E-state index in [9.17, 15) is 14.4 Å². The summed E-state index contributed by atoms with van der Waals surface area (Å²) in [6.07, 6.45) is 1.35. The van der Waals surface area contributed by atoms with E-state index in [1.807, 2.05) is 0 Å². The van der Waals surface area contributed by atoms with Crippen molar-refractivity contribution in [2.75, 3.05) is 20.3 Å². The molecule has 2 fully saturated rings. The molecule has 2 aliphatic heterocycles. The van der Waals surface area contributed by atoms with Gasteiger partial charge in [-0.2, -0.15) is 0 Å². The number of hydrogen-bond donors (Lipinski definition) is 0. The molecule has 3 rings (SSSR count). The van der Waals surface area contributed by atoms with E-state index in [-0.39, 0.29) is 32.0 Å². The highest BCUT2D eigenvalue weighted by atomic mass is 16.6. The van der Waals surface area contributed by atoms with Crippen molar-refractivity contribution < 1.29 is 14.2 Å². The van der Waals surface area contributed by atoms with Crippen LogP contribution in [0.25, 0.3) is 0 Å². The summed E-state index contributed by atoms with van der Waals surface area (Å²) in [4.78, 5) is 37.0. The number of aromatic nitrogens is 3. The lowest BCUT2D eigenvalue weighted by Gasteiger charge is -2.12. The van der Waals surface area contributed by atoms with Gasteiger partial charge in [-0.25, -0.2) is 28.1 Å². The third-order valence-corrected chi connectivity index (χ3v) is 3.80. The van der Waals surface area contributed by atoms with Crippen molar-refractivity contribution in [2.45, 2.75) is 44.9 Å². The fourth-order valence-electron chi connectivity index (χ4n) is 2.32. The van der Waals surface area contributed by atoms with Gasteiger partial charge < -0.3 is 14.2 Å². The van der Waals surface area contributed by atoms with E-state index in [1.54, 1.807) is 0 Å². The molecule has 0 bridgehead atoms. The molecular formula is C13H19N3O6. The molecule has 0 aromatic carbocycles. The first-order valence-corrected chi connectivity index (χ1v) is 7.28. The van der Waals surface area contributed by atoms with Crippen LogP contribution in [0.3, 0.4) is 0 Å². The summed E-state index contributed by atoms with van der Waals surface area (Å²) in [5, 5.41) is 0. The van der Waals surface area contributed by atoms with E-state index in [4.69, 9.17) is 14.2 Å². The maximum atomic E-state index is 12.4. The van der Waals surface area contributed by atoms with Crippen molar-refractivity contribution in [3.8, 4) is 0 Å². The van der Waals surface area contributed by atoms with Crippen molar-refractivity contribution >= 4 is 0 Å². The van der Waals surface area contributed by atoms with Gasteiger partial charge in [-0.3, -0.25) is 0 Å². The maximum Gasteiger partial charge on any atom is 0.338 e. The first-order chi connectivity index (χ1) is 10.6. The number of nitrogens with zero attached hydrogens (tertiary/aromatic N) is 3. The highest BCUT2D eigenvalue weighted by Gasteiger charge is 2.25. The first-order valence-electron chi connectivity index (χ1n) is 7.28. The van der Waals surface area contributed by atoms with E-state index < -0.39 is 17.1 Å². The van der Waals surface area contributed by atoms with Gasteiger partial charge in [-0.1, -0.05) is 0 Å². The summed E-state index contributed by atoms with van der Waals surface area (Å²) < 4.78 is 18.2. The summed E-state index contributed by atoms with van der Waals surface area (Å²) in [6, 6.07) is 0. The molecule has 0 N–H and O–H groups in total. The van der Waals surface area contributed by atoms with Crippen LogP contribution in [0.1, 0.15) is 12.8 Å². The number of rotatable bonds is 8. The minimum atomic E-state index is -0.642. The van der Waals surface area contributed by atoms with Crippen LogP contribution in [-0.4, -0.2) is 46.2 Å². The summed E-state index contributed by atoms with van der Waals surface area (Å²) in [5.74, 6) is 0. The number of epoxide rings is 2. The van der Waals surface area contributed by atoms with Gasteiger partial charge in [-0.15, -0.1) is 0 Å². The van der Waals surface area contributed by atoms with Crippen LogP contribution in [-0.2, 0) is 34.0 Å². The maximum absolute atomic E-state index is 12.4. The van der Waals surface area contributed by atoms with Crippen LogP contribution in [0.2, 0.25) is 0 Å². The predicted molar refractivity (Wildman–Crippen MR) is 74.9 cm³/mol. The lowest BCUT2D eigenvalue weighted by atomic mass is 10.3. The molecule has 22 heavy (non-hydrogen) atoms. The van der Waals surface area contributed by atoms with Gasteiger partial charge in [-0.05, 0) is 12.8 Å². The van der Waals surface area contributed by atoms with Crippen LogP contribution in [0.4, 0.5) is 0 Å². The monoisotopic (exact) mass is 313 g/mol. The Morgan fingerprint density at radius 3 is 1.68 bits per heavy atom. The molecule has 0 spiro atoms. The fraction of sp³-hybridized carbons (Fsp3) is 0.769. The van der Waals surface area contributed by atoms with Crippen LogP contribution in [0.5, 0.6) is 0 Å². The van der Waals surface area contributed by atoms with Crippen molar-refractivity contribution in [2.24, 2.45) is 0 Å². The van der Waals surface area contributed by atoms with Crippen LogP contribution >= 0.6 is 0 Å². The third kappa shape index (κ3) is 3.21. The quantitative estimate of drug-likeness (QED) is 0.533. The lowest BCUT2D eigenvalue weighted by Crippen LogP contribution is -2.54. The molecule has 9 nitrogen and oxygen atoms in total. The smallest absolute Gasteiger partial charge is 0.338 e. The van der Waals surface area contributed by atoms with E-state index >= 15 is 0 Å². The molecule has 0 aliphatic carbocycles. The number of hydrogen-bond acceptors (Lipinski definition) is 6. The molecule has 9 heteroatoms. The van der Waals surface area contributed by atoms with E-state index in [0.717, 1.165) is 13.7 Å². The highest BCUT2D eigenvalue weighted by molar-refractivity contribution is 4.81. The average Bonchev–Trinajstić information content (AvgIpc) is 3.36. The van der Waals surface area contributed by atoms with Gasteiger partial charge in [0, 0.05) is 20.2 Å². The Labute approximate surface area is 125 Å². The SMILES string of the molecule is COCn1c(=O)n(CCC2CO2)c(=O)n(CCC2CO2)c1=O. The predicted octanol–water partition coefficient (Wildman–Crippen LogP) is -1.65. The topological polar surface area (TPSA) is 100 Å². The van der Waals surface area contributed by atoms with Gasteiger partial charge in [0.1, 0.15) is 6.73 Å². The second kappa shape index (κ2) is 6.19. The second-order valence-corrected chi connectivity index (χ2v) is 5.48. The lowest BCUT2D eigenvalue weighted by molar-refractivity contribution is 0.117. The van der Waals surface area contributed by atoms with Gasteiger partial charge in [0.2, 0.25) is 0 Å². The van der Waals surface area contributed by atoms with E-state index in [1.165, 1.54) is 7.11 Å². The minimum Gasteiger partial charge on any atom is -0.373 e. The van der Waals surface area contributed by atoms with Crippen LogP contribution in [0.15, 0.2) is 14.4 Å². The molecular weight excluding hydrogens is 294 g/mol. The number of ether oxygens (including phenoxy) is 3. The Bertz CT molecular complexity index is 656. The summed E-state index contributed by atoms with van der Waals surface area (Å²) >= 11 is 0. The van der Waals surface area contributed by atoms with Crippen LogP contribution < -0.4 is 17.1 Å². The van der Waals surface area contributed by atoms with Crippen molar-refractivity contribution in [3.05, 3.63) is 31.5 Å². The average molecular weight is 313 g/mol. The van der Waals surface area contributed by atoms with Crippen molar-refractivity contribution in [1.29, 1.82) is 0 Å². The van der Waals surface area contributed by atoms with Gasteiger partial charge in [0.25, 0.3) is 0 Å². The molecule has 0 saturated carbocycles. The Hall–Kier alpha value is -1.71. The molecule has 2 atom stereocenters. The van der Waals surface area contributed by atoms with Crippen molar-refractivity contribution in [3.63, 3.8) is 0 Å². The summed E-state index contributed by atoms with van der Waals surface area (Å²) in [5.41, 5.74) is -1.86. The standard InChI is InChI=1S/C13H19N3O6/c1-20-8-16-12(18)14(4-2-9-6-21-9)11(17)15(13(16)19)5-3-10-7-22-10/h9-10H,2-8H2,1H3. The zero-order valence-electron chi connectivity index (χ0n) is 12.4. The molecule has 1 aromatic heterocycles. The molecule has 2 unspecified atom stereocenters. The zero-order chi connectivity index (χ0) is 15.7. The second-order valence-electron chi connectivity index (χ2n) is 5.48.